The summed E-state index contributed by atoms with van der Waals surface area (Å²) in [5.74, 6) is -0.0493. The number of ether oxygens (including phenoxy) is 1. The fourth-order valence-corrected chi connectivity index (χ4v) is 3.88. The van der Waals surface area contributed by atoms with Gasteiger partial charge in [-0.2, -0.15) is 5.10 Å². The number of benzene rings is 2. The van der Waals surface area contributed by atoms with Gasteiger partial charge in [-0.3, -0.25) is 9.48 Å². The smallest absolute Gasteiger partial charge is 0.291 e. The van der Waals surface area contributed by atoms with Crippen LogP contribution in [0, 0.1) is 19.7 Å². The van der Waals surface area contributed by atoms with Gasteiger partial charge in [-0.05, 0) is 61.9 Å². The van der Waals surface area contributed by atoms with Crippen LogP contribution in [0.2, 0.25) is 15.1 Å². The van der Waals surface area contributed by atoms with Crippen molar-refractivity contribution in [1.82, 2.24) is 9.78 Å². The van der Waals surface area contributed by atoms with Crippen LogP contribution < -0.4 is 10.1 Å². The van der Waals surface area contributed by atoms with Crippen LogP contribution in [0.15, 0.2) is 52.9 Å². The van der Waals surface area contributed by atoms with Gasteiger partial charge in [-0.1, -0.05) is 40.9 Å². The maximum absolute atomic E-state index is 13.2. The Balaban J connectivity index is 1.42. The van der Waals surface area contributed by atoms with Crippen LogP contribution >= 0.6 is 34.8 Å². The number of anilines is 1. The molecule has 4 rings (SSSR count). The molecular weight excluding hydrogens is 504 g/mol. The molecule has 2 aromatic heterocycles. The van der Waals surface area contributed by atoms with Gasteiger partial charge in [0.2, 0.25) is 0 Å². The highest BCUT2D eigenvalue weighted by Gasteiger charge is 2.18. The van der Waals surface area contributed by atoms with Crippen LogP contribution in [0.25, 0.3) is 0 Å². The average molecular weight is 523 g/mol. The molecule has 0 aliphatic rings. The Hall–Kier alpha value is -3.00. The molecule has 4 aromatic rings. The van der Waals surface area contributed by atoms with Crippen LogP contribution in [0.5, 0.6) is 5.75 Å². The summed E-state index contributed by atoms with van der Waals surface area (Å²) in [4.78, 5) is 12.8. The lowest BCUT2D eigenvalue weighted by Crippen LogP contribution is -2.12. The van der Waals surface area contributed by atoms with Gasteiger partial charge in [0.15, 0.2) is 5.76 Å². The van der Waals surface area contributed by atoms with Crippen molar-refractivity contribution in [2.45, 2.75) is 27.0 Å². The Labute approximate surface area is 210 Å². The summed E-state index contributed by atoms with van der Waals surface area (Å²) in [6.45, 7) is 4.16. The molecule has 1 N–H and O–H groups in total. The van der Waals surface area contributed by atoms with Gasteiger partial charge in [-0.25, -0.2) is 4.39 Å². The first kappa shape index (κ1) is 24.1. The quantitative estimate of drug-likeness (QED) is 0.282. The Morgan fingerprint density at radius 1 is 1.06 bits per heavy atom. The van der Waals surface area contributed by atoms with Gasteiger partial charge in [0.05, 0.1) is 38.7 Å². The summed E-state index contributed by atoms with van der Waals surface area (Å²) in [6, 6.07) is 12.4. The molecule has 0 atom stereocenters. The van der Waals surface area contributed by atoms with Crippen LogP contribution in [0.3, 0.4) is 0 Å². The van der Waals surface area contributed by atoms with Crippen LogP contribution in [0.1, 0.15) is 33.3 Å². The Kier molecular flexibility index (Phi) is 7.16. The van der Waals surface area contributed by atoms with Gasteiger partial charge in [0, 0.05) is 0 Å². The number of aromatic nitrogens is 2. The van der Waals surface area contributed by atoms with Gasteiger partial charge in [-0.15, -0.1) is 0 Å². The highest BCUT2D eigenvalue weighted by Crippen LogP contribution is 2.27. The number of carbonyl (C=O) groups is 1. The predicted molar refractivity (Wildman–Crippen MR) is 130 cm³/mol. The molecule has 0 fully saturated rings. The summed E-state index contributed by atoms with van der Waals surface area (Å²) in [6.07, 6.45) is 0. The van der Waals surface area contributed by atoms with Crippen molar-refractivity contribution in [3.8, 4) is 5.75 Å². The van der Waals surface area contributed by atoms with E-state index in [4.69, 9.17) is 44.0 Å². The number of carbonyl (C=O) groups excluding carboxylic acids is 1. The van der Waals surface area contributed by atoms with E-state index in [1.54, 1.807) is 28.9 Å². The van der Waals surface area contributed by atoms with Crippen molar-refractivity contribution >= 4 is 46.4 Å². The molecule has 0 spiro atoms. The largest absolute Gasteiger partial charge is 0.484 e. The molecular formula is C24H19Cl3FN3O3. The summed E-state index contributed by atoms with van der Waals surface area (Å²) in [7, 11) is 0. The molecule has 0 aliphatic heterocycles. The number of hydrogen-bond donors (Lipinski definition) is 1. The maximum Gasteiger partial charge on any atom is 0.291 e. The van der Waals surface area contributed by atoms with Gasteiger partial charge >= 0.3 is 0 Å². The molecule has 0 radical (unpaired) electrons. The molecule has 0 saturated heterocycles. The lowest BCUT2D eigenvalue weighted by molar-refractivity contribution is 0.0992. The van der Waals surface area contributed by atoms with E-state index in [0.29, 0.717) is 39.5 Å². The molecule has 10 heteroatoms. The molecule has 1 amide bonds. The van der Waals surface area contributed by atoms with Crippen molar-refractivity contribution in [2.75, 3.05) is 5.32 Å². The third kappa shape index (κ3) is 5.38. The number of amides is 1. The Morgan fingerprint density at radius 2 is 1.85 bits per heavy atom. The predicted octanol–water partition coefficient (Wildman–Crippen LogP) is 7.07. The molecule has 34 heavy (non-hydrogen) atoms. The molecule has 176 valence electrons. The zero-order valence-electron chi connectivity index (χ0n) is 18.2. The second-order valence-electron chi connectivity index (χ2n) is 7.54. The first-order valence-corrected chi connectivity index (χ1v) is 11.3. The molecule has 0 aliphatic carbocycles. The lowest BCUT2D eigenvalue weighted by Gasteiger charge is -2.08. The second kappa shape index (κ2) is 10.1. The molecule has 0 bridgehead atoms. The summed E-state index contributed by atoms with van der Waals surface area (Å²) < 4.78 is 26.1. The number of furan rings is 1. The second-order valence-corrected chi connectivity index (χ2v) is 8.76. The van der Waals surface area contributed by atoms with E-state index < -0.39 is 11.7 Å². The zero-order valence-corrected chi connectivity index (χ0v) is 20.4. The van der Waals surface area contributed by atoms with E-state index in [0.717, 1.165) is 17.3 Å². The maximum atomic E-state index is 13.2. The fourth-order valence-electron chi connectivity index (χ4n) is 3.34. The van der Waals surface area contributed by atoms with Crippen LogP contribution in [0.4, 0.5) is 10.1 Å². The van der Waals surface area contributed by atoms with Gasteiger partial charge < -0.3 is 14.5 Å². The van der Waals surface area contributed by atoms with Gasteiger partial charge in [0.25, 0.3) is 5.91 Å². The lowest BCUT2D eigenvalue weighted by atomic mass is 10.2. The normalized spacial score (nSPS) is 11.0. The SMILES string of the molecule is Cc1nn(Cc2ccc(Cl)c(Cl)c2)c(C)c1NC(=O)c1ccc(COc2ccc(F)cc2Cl)o1. The number of hydrogen-bond acceptors (Lipinski definition) is 4. The van der Waals surface area contributed by atoms with Crippen molar-refractivity contribution in [3.05, 3.63) is 97.9 Å². The van der Waals surface area contributed by atoms with Crippen molar-refractivity contribution in [1.29, 1.82) is 0 Å². The van der Waals surface area contributed by atoms with Crippen molar-refractivity contribution < 1.29 is 18.3 Å². The van der Waals surface area contributed by atoms with E-state index in [1.165, 1.54) is 12.1 Å². The third-order valence-electron chi connectivity index (χ3n) is 5.09. The van der Waals surface area contributed by atoms with Crippen molar-refractivity contribution in [3.63, 3.8) is 0 Å². The number of halogens is 4. The zero-order chi connectivity index (χ0) is 24.4. The highest BCUT2D eigenvalue weighted by molar-refractivity contribution is 6.42. The number of rotatable bonds is 7. The first-order chi connectivity index (χ1) is 16.2. The first-order valence-electron chi connectivity index (χ1n) is 10.2. The average Bonchev–Trinajstić information content (AvgIpc) is 3.36. The summed E-state index contributed by atoms with van der Waals surface area (Å²) in [5, 5.41) is 8.48. The van der Waals surface area contributed by atoms with E-state index in [2.05, 4.69) is 10.4 Å². The third-order valence-corrected chi connectivity index (χ3v) is 6.12. The standard InChI is InChI=1S/C24H19Cl3FN3O3/c1-13-23(14(2)31(30-13)11-15-3-6-18(25)19(26)9-15)29-24(32)22-8-5-17(34-22)12-33-21-7-4-16(28)10-20(21)27/h3-10H,11-12H2,1-2H3,(H,29,32). The molecule has 2 heterocycles. The number of nitrogens with one attached hydrogen (secondary N) is 1. The molecule has 0 saturated carbocycles. The van der Waals surface area contributed by atoms with Gasteiger partial charge in [0.1, 0.15) is 23.9 Å². The number of aryl methyl sites for hydroxylation is 1. The Morgan fingerprint density at radius 3 is 2.59 bits per heavy atom. The van der Waals surface area contributed by atoms with E-state index >= 15 is 0 Å². The Bertz CT molecular complexity index is 1370. The summed E-state index contributed by atoms with van der Waals surface area (Å²) in [5.41, 5.74) is 2.96. The van der Waals surface area contributed by atoms with Crippen LogP contribution in [-0.2, 0) is 13.2 Å². The van der Waals surface area contributed by atoms with Crippen molar-refractivity contribution in [2.24, 2.45) is 0 Å². The minimum Gasteiger partial charge on any atom is -0.484 e. The molecule has 0 unspecified atom stereocenters. The summed E-state index contributed by atoms with van der Waals surface area (Å²) >= 11 is 18.1. The fraction of sp³-hybridized carbons (Fsp3) is 0.167. The van der Waals surface area contributed by atoms with E-state index in [-0.39, 0.29) is 17.4 Å². The monoisotopic (exact) mass is 521 g/mol. The number of nitrogens with zero attached hydrogens (tertiary/aromatic N) is 2. The van der Waals surface area contributed by atoms with E-state index in [1.807, 2.05) is 19.9 Å². The minimum absolute atomic E-state index is 0.0261. The molecule has 6 nitrogen and oxygen atoms in total. The molecule has 2 aromatic carbocycles. The van der Waals surface area contributed by atoms with Crippen LogP contribution in [-0.4, -0.2) is 15.7 Å². The van der Waals surface area contributed by atoms with E-state index in [9.17, 15) is 9.18 Å². The highest BCUT2D eigenvalue weighted by atomic mass is 35.5. The minimum atomic E-state index is -0.458. The topological polar surface area (TPSA) is 69.3 Å².